The van der Waals surface area contributed by atoms with Gasteiger partial charge in [-0.1, -0.05) is 0 Å². The van der Waals surface area contributed by atoms with Gasteiger partial charge >= 0.3 is 0 Å². The van der Waals surface area contributed by atoms with Crippen LogP contribution in [0.4, 0.5) is 0 Å². The Hall–Kier alpha value is -0.870. The number of ether oxygens (including phenoxy) is 2. The Labute approximate surface area is 106 Å². The van der Waals surface area contributed by atoms with Crippen molar-refractivity contribution in [3.8, 4) is 5.75 Å². The quantitative estimate of drug-likeness (QED) is 0.756. The van der Waals surface area contributed by atoms with Crippen molar-refractivity contribution in [3.63, 3.8) is 0 Å². The summed E-state index contributed by atoms with van der Waals surface area (Å²) in [5.41, 5.74) is 0. The summed E-state index contributed by atoms with van der Waals surface area (Å²) in [5.74, 6) is 0.871. The molecule has 2 rings (SSSR count). The molecule has 0 spiro atoms. The Balaban J connectivity index is 1.84. The first kappa shape index (κ1) is 12.6. The van der Waals surface area contributed by atoms with E-state index in [4.69, 9.17) is 9.47 Å². The molecule has 0 aromatic carbocycles. The first-order valence-electron chi connectivity index (χ1n) is 6.07. The number of Topliss-reactive ketones (excluding diaryl/α,β-unsaturated/α-hetero) is 1. The van der Waals surface area contributed by atoms with Crippen molar-refractivity contribution >= 4 is 17.1 Å². The van der Waals surface area contributed by atoms with Crippen LogP contribution in [0, 0.1) is 0 Å². The highest BCUT2D eigenvalue weighted by Crippen LogP contribution is 2.27. The molecule has 0 N–H and O–H groups in total. The van der Waals surface area contributed by atoms with Gasteiger partial charge in [-0.15, -0.1) is 11.3 Å². The maximum Gasteiger partial charge on any atom is 0.176 e. The van der Waals surface area contributed by atoms with Crippen LogP contribution in [0.1, 0.15) is 41.8 Å². The third-order valence-corrected chi connectivity index (χ3v) is 4.01. The zero-order valence-corrected chi connectivity index (χ0v) is 10.9. The molecule has 1 aromatic heterocycles. The second-order valence-corrected chi connectivity index (χ2v) is 5.18. The average Bonchev–Trinajstić information content (AvgIpc) is 2.85. The zero-order chi connectivity index (χ0) is 12.1. The van der Waals surface area contributed by atoms with E-state index in [-0.39, 0.29) is 11.9 Å². The summed E-state index contributed by atoms with van der Waals surface area (Å²) in [6, 6.07) is 1.84. The number of rotatable bonds is 5. The molecule has 1 aliphatic heterocycles. The van der Waals surface area contributed by atoms with Gasteiger partial charge < -0.3 is 9.47 Å². The molecule has 2 heterocycles. The highest BCUT2D eigenvalue weighted by atomic mass is 32.1. The summed E-state index contributed by atoms with van der Waals surface area (Å²) in [6.45, 7) is 0.848. The number of thiophene rings is 1. The van der Waals surface area contributed by atoms with Crippen LogP contribution in [0.2, 0.25) is 0 Å². The molecule has 1 saturated heterocycles. The number of carbonyl (C=O) groups excluding carboxylic acids is 1. The largest absolute Gasteiger partial charge is 0.495 e. The molecule has 1 aromatic rings. The van der Waals surface area contributed by atoms with Crippen LogP contribution in [0.5, 0.6) is 5.75 Å². The Morgan fingerprint density at radius 3 is 3.18 bits per heavy atom. The number of hydrogen-bond donors (Lipinski definition) is 0. The molecular weight excluding hydrogens is 236 g/mol. The number of ketones is 1. The molecule has 4 heteroatoms. The van der Waals surface area contributed by atoms with Gasteiger partial charge in [0.1, 0.15) is 10.6 Å². The molecule has 0 aliphatic carbocycles. The van der Waals surface area contributed by atoms with Gasteiger partial charge in [-0.05, 0) is 37.1 Å². The second kappa shape index (κ2) is 6.17. The summed E-state index contributed by atoms with van der Waals surface area (Å²) in [5, 5.41) is 1.89. The fraction of sp³-hybridized carbons (Fsp3) is 0.615. The van der Waals surface area contributed by atoms with Crippen molar-refractivity contribution in [2.75, 3.05) is 13.7 Å². The van der Waals surface area contributed by atoms with Gasteiger partial charge in [0.05, 0.1) is 13.2 Å². The molecule has 17 heavy (non-hydrogen) atoms. The van der Waals surface area contributed by atoms with Crippen molar-refractivity contribution in [1.82, 2.24) is 0 Å². The molecule has 0 saturated carbocycles. The van der Waals surface area contributed by atoms with Crippen molar-refractivity contribution in [2.24, 2.45) is 0 Å². The van der Waals surface area contributed by atoms with Crippen LogP contribution < -0.4 is 4.74 Å². The average molecular weight is 254 g/mol. The highest BCUT2D eigenvalue weighted by molar-refractivity contribution is 7.12. The summed E-state index contributed by atoms with van der Waals surface area (Å²) in [4.78, 5) is 12.7. The Bertz CT molecular complexity index is 366. The van der Waals surface area contributed by atoms with Gasteiger partial charge in [-0.2, -0.15) is 0 Å². The second-order valence-electron chi connectivity index (χ2n) is 4.27. The van der Waals surface area contributed by atoms with Gasteiger partial charge in [0.25, 0.3) is 0 Å². The van der Waals surface area contributed by atoms with Gasteiger partial charge in [-0.3, -0.25) is 4.79 Å². The molecule has 1 aliphatic rings. The predicted octanol–water partition coefficient (Wildman–Crippen LogP) is 3.29. The van der Waals surface area contributed by atoms with Gasteiger partial charge in [0, 0.05) is 13.0 Å². The molecular formula is C13H18O3S. The van der Waals surface area contributed by atoms with E-state index < -0.39 is 0 Å². The lowest BCUT2D eigenvalue weighted by molar-refractivity contribution is 0.0104. The SMILES string of the molecule is COc1ccsc1C(=O)CCC1CCCCO1. The maximum absolute atomic E-state index is 12.0. The van der Waals surface area contributed by atoms with E-state index in [0.29, 0.717) is 12.2 Å². The smallest absolute Gasteiger partial charge is 0.176 e. The molecule has 1 atom stereocenters. The third-order valence-electron chi connectivity index (χ3n) is 3.07. The van der Waals surface area contributed by atoms with Crippen LogP contribution in [0.3, 0.4) is 0 Å². The van der Waals surface area contributed by atoms with Crippen molar-refractivity contribution in [3.05, 3.63) is 16.3 Å². The molecule has 1 unspecified atom stereocenters. The normalized spacial score (nSPS) is 20.2. The number of carbonyl (C=O) groups is 1. The van der Waals surface area contributed by atoms with E-state index in [1.54, 1.807) is 7.11 Å². The minimum atomic E-state index is 0.172. The Morgan fingerprint density at radius 2 is 2.47 bits per heavy atom. The van der Waals surface area contributed by atoms with E-state index in [9.17, 15) is 4.79 Å². The lowest BCUT2D eigenvalue weighted by atomic mass is 10.0. The van der Waals surface area contributed by atoms with E-state index in [1.165, 1.54) is 17.8 Å². The van der Waals surface area contributed by atoms with Crippen LogP contribution in [0.25, 0.3) is 0 Å². The van der Waals surface area contributed by atoms with Crippen LogP contribution in [0.15, 0.2) is 11.4 Å². The fourth-order valence-corrected chi connectivity index (χ4v) is 2.93. The van der Waals surface area contributed by atoms with Crippen molar-refractivity contribution in [2.45, 2.75) is 38.2 Å². The monoisotopic (exact) mass is 254 g/mol. The van der Waals surface area contributed by atoms with E-state index in [0.717, 1.165) is 30.7 Å². The van der Waals surface area contributed by atoms with E-state index in [2.05, 4.69) is 0 Å². The van der Waals surface area contributed by atoms with Crippen LogP contribution in [-0.2, 0) is 4.74 Å². The van der Waals surface area contributed by atoms with Crippen LogP contribution in [-0.4, -0.2) is 25.6 Å². The van der Waals surface area contributed by atoms with Gasteiger partial charge in [0.15, 0.2) is 5.78 Å². The summed E-state index contributed by atoms with van der Waals surface area (Å²) >= 11 is 1.45. The highest BCUT2D eigenvalue weighted by Gasteiger charge is 2.18. The molecule has 94 valence electrons. The third kappa shape index (κ3) is 3.30. The summed E-state index contributed by atoms with van der Waals surface area (Å²) in [6.07, 6.45) is 5.14. The molecule has 3 nitrogen and oxygen atoms in total. The number of methoxy groups -OCH3 is 1. The molecule has 0 amide bonds. The van der Waals surface area contributed by atoms with Crippen molar-refractivity contribution in [1.29, 1.82) is 0 Å². The topological polar surface area (TPSA) is 35.5 Å². The van der Waals surface area contributed by atoms with Gasteiger partial charge in [0.2, 0.25) is 0 Å². The van der Waals surface area contributed by atoms with Crippen molar-refractivity contribution < 1.29 is 14.3 Å². The summed E-state index contributed by atoms with van der Waals surface area (Å²) < 4.78 is 10.8. The molecule has 1 fully saturated rings. The minimum Gasteiger partial charge on any atom is -0.495 e. The minimum absolute atomic E-state index is 0.172. The fourth-order valence-electron chi connectivity index (χ4n) is 2.10. The zero-order valence-electron chi connectivity index (χ0n) is 10.1. The van der Waals surface area contributed by atoms with E-state index in [1.807, 2.05) is 11.4 Å². The lowest BCUT2D eigenvalue weighted by Crippen LogP contribution is -2.19. The molecule has 0 radical (unpaired) electrons. The maximum atomic E-state index is 12.0. The predicted molar refractivity (Wildman–Crippen MR) is 68.0 cm³/mol. The van der Waals surface area contributed by atoms with E-state index >= 15 is 0 Å². The first-order chi connectivity index (χ1) is 8.31. The Morgan fingerprint density at radius 1 is 1.59 bits per heavy atom. The first-order valence-corrected chi connectivity index (χ1v) is 6.95. The Kier molecular flexibility index (Phi) is 4.57. The molecule has 0 bridgehead atoms. The number of hydrogen-bond acceptors (Lipinski definition) is 4. The van der Waals surface area contributed by atoms with Gasteiger partial charge in [-0.25, -0.2) is 0 Å². The van der Waals surface area contributed by atoms with Crippen LogP contribution >= 0.6 is 11.3 Å². The summed E-state index contributed by atoms with van der Waals surface area (Å²) in [7, 11) is 1.60. The standard InChI is InChI=1S/C13H18O3S/c1-15-12-7-9-17-13(12)11(14)6-5-10-4-2-3-8-16-10/h7,9-10H,2-6,8H2,1H3. The lowest BCUT2D eigenvalue weighted by Gasteiger charge is -2.22.